The summed E-state index contributed by atoms with van der Waals surface area (Å²) < 4.78 is 2.00. The Morgan fingerprint density at radius 3 is 2.75 bits per heavy atom. The summed E-state index contributed by atoms with van der Waals surface area (Å²) in [6, 6.07) is 22.1. The Morgan fingerprint density at radius 1 is 1.00 bits per heavy atom. The van der Waals surface area contributed by atoms with Crippen molar-refractivity contribution in [2.24, 2.45) is 0 Å². The highest BCUT2D eigenvalue weighted by Crippen LogP contribution is 2.28. The van der Waals surface area contributed by atoms with Gasteiger partial charge in [-0.2, -0.15) is 5.10 Å². The van der Waals surface area contributed by atoms with E-state index in [0.29, 0.717) is 18.8 Å². The van der Waals surface area contributed by atoms with Crippen LogP contribution in [0.2, 0.25) is 0 Å². The monoisotopic (exact) mass is 478 g/mol. The predicted octanol–water partition coefficient (Wildman–Crippen LogP) is 4.82. The van der Waals surface area contributed by atoms with Gasteiger partial charge in [-0.1, -0.05) is 36.4 Å². The van der Waals surface area contributed by atoms with E-state index >= 15 is 0 Å². The van der Waals surface area contributed by atoms with Crippen LogP contribution in [-0.2, 0) is 17.9 Å². The molecule has 36 heavy (non-hydrogen) atoms. The molecule has 0 aliphatic carbocycles. The van der Waals surface area contributed by atoms with Crippen molar-refractivity contribution < 1.29 is 9.90 Å². The van der Waals surface area contributed by atoms with Gasteiger partial charge in [0.05, 0.1) is 23.8 Å². The third-order valence-corrected chi connectivity index (χ3v) is 6.81. The first kappa shape index (κ1) is 22.2. The fraction of sp³-hybridized carbons (Fsp3) is 0.214. The van der Waals surface area contributed by atoms with Crippen molar-refractivity contribution in [3.63, 3.8) is 0 Å². The lowest BCUT2D eigenvalue weighted by Gasteiger charge is -2.21. The number of likely N-dealkylation sites (tertiary alicyclic amines) is 1. The Balaban J connectivity index is 1.26. The number of anilines is 2. The highest BCUT2D eigenvalue weighted by Gasteiger charge is 2.30. The number of aliphatic carboxylic acids is 1. The number of carboxylic acids is 1. The third-order valence-electron chi connectivity index (χ3n) is 6.81. The molecule has 6 rings (SSSR count). The molecule has 0 amide bonds. The van der Waals surface area contributed by atoms with Crippen molar-refractivity contribution >= 4 is 39.3 Å². The van der Waals surface area contributed by atoms with Crippen LogP contribution < -0.4 is 5.32 Å². The minimum atomic E-state index is -0.749. The maximum absolute atomic E-state index is 11.6. The minimum absolute atomic E-state index is 0.417. The molecule has 1 atom stereocenters. The van der Waals surface area contributed by atoms with Crippen molar-refractivity contribution in [2.45, 2.75) is 32.0 Å². The molecule has 3 aromatic carbocycles. The van der Waals surface area contributed by atoms with Crippen LogP contribution in [0, 0.1) is 0 Å². The zero-order valence-corrected chi connectivity index (χ0v) is 19.7. The number of hydrogen-bond donors (Lipinski definition) is 2. The Labute approximate surface area is 208 Å². The Kier molecular flexibility index (Phi) is 5.79. The lowest BCUT2D eigenvalue weighted by Crippen LogP contribution is -2.35. The third kappa shape index (κ3) is 4.38. The number of benzene rings is 3. The molecule has 1 aliphatic rings. The number of hydrogen-bond acceptors (Lipinski definition) is 6. The van der Waals surface area contributed by atoms with E-state index in [9.17, 15) is 9.90 Å². The number of aromatic nitrogens is 4. The molecule has 0 bridgehead atoms. The molecule has 0 spiro atoms. The molecule has 8 nitrogen and oxygen atoms in total. The van der Waals surface area contributed by atoms with Crippen LogP contribution in [0.25, 0.3) is 21.8 Å². The van der Waals surface area contributed by atoms with Gasteiger partial charge in [-0.3, -0.25) is 14.4 Å². The molecule has 5 aromatic rings. The first-order chi connectivity index (χ1) is 17.6. The molecule has 180 valence electrons. The normalized spacial score (nSPS) is 16.1. The Hall–Kier alpha value is -4.30. The molecule has 8 heteroatoms. The first-order valence-corrected chi connectivity index (χ1v) is 12.1. The zero-order chi connectivity index (χ0) is 24.5. The van der Waals surface area contributed by atoms with Gasteiger partial charge in [-0.25, -0.2) is 9.97 Å². The summed E-state index contributed by atoms with van der Waals surface area (Å²) in [6.07, 6.45) is 5.05. The van der Waals surface area contributed by atoms with Crippen molar-refractivity contribution in [3.8, 4) is 0 Å². The van der Waals surface area contributed by atoms with Crippen LogP contribution in [0.15, 0.2) is 79.3 Å². The van der Waals surface area contributed by atoms with E-state index in [-0.39, 0.29) is 0 Å². The first-order valence-electron chi connectivity index (χ1n) is 12.1. The quantitative estimate of drug-likeness (QED) is 0.346. The molecule has 1 fully saturated rings. The number of carbonyl (C=O) groups is 1. The van der Waals surface area contributed by atoms with Gasteiger partial charge in [-0.15, -0.1) is 0 Å². The molecule has 1 aliphatic heterocycles. The van der Waals surface area contributed by atoms with Gasteiger partial charge in [0, 0.05) is 23.0 Å². The number of nitrogens with one attached hydrogen (secondary N) is 1. The highest BCUT2D eigenvalue weighted by molar-refractivity contribution is 5.92. The smallest absolute Gasteiger partial charge is 0.320 e. The van der Waals surface area contributed by atoms with Gasteiger partial charge in [0.1, 0.15) is 18.2 Å². The molecule has 0 saturated carbocycles. The fourth-order valence-electron chi connectivity index (χ4n) is 5.02. The van der Waals surface area contributed by atoms with Crippen LogP contribution in [0.5, 0.6) is 0 Å². The average Bonchev–Trinajstić information content (AvgIpc) is 3.52. The fourth-order valence-corrected chi connectivity index (χ4v) is 5.02. The number of fused-ring (bicyclic) bond motifs is 2. The summed E-state index contributed by atoms with van der Waals surface area (Å²) in [5.41, 5.74) is 5.07. The van der Waals surface area contributed by atoms with Crippen molar-refractivity contribution in [2.75, 3.05) is 11.9 Å². The van der Waals surface area contributed by atoms with Crippen molar-refractivity contribution in [3.05, 3.63) is 90.4 Å². The van der Waals surface area contributed by atoms with E-state index in [1.54, 1.807) is 6.33 Å². The maximum Gasteiger partial charge on any atom is 0.320 e. The second-order valence-electron chi connectivity index (χ2n) is 9.23. The standard InChI is InChI=1S/C28H26N6O2/c35-28(36)26-7-4-12-33(26)16-20-8-10-24-23(13-20)27(30-18-29-24)32-22-9-11-25-21(14-22)15-31-34(25)17-19-5-2-1-3-6-19/h1-3,5-6,8-11,13-15,18,26H,4,7,12,16-17H2,(H,35,36)(H,29,30,32)/t26-/m1/s1. The van der Waals surface area contributed by atoms with Crippen LogP contribution in [-0.4, -0.2) is 48.3 Å². The van der Waals surface area contributed by atoms with Crippen LogP contribution in [0.3, 0.4) is 0 Å². The molecular formula is C28H26N6O2. The summed E-state index contributed by atoms with van der Waals surface area (Å²) >= 11 is 0. The van der Waals surface area contributed by atoms with E-state index in [4.69, 9.17) is 0 Å². The van der Waals surface area contributed by atoms with Gasteiger partial charge in [0.2, 0.25) is 0 Å². The van der Waals surface area contributed by atoms with Gasteiger partial charge >= 0.3 is 5.97 Å². The van der Waals surface area contributed by atoms with E-state index in [2.05, 4.69) is 50.7 Å². The van der Waals surface area contributed by atoms with Crippen LogP contribution in [0.1, 0.15) is 24.0 Å². The van der Waals surface area contributed by atoms with Crippen LogP contribution in [0.4, 0.5) is 11.5 Å². The lowest BCUT2D eigenvalue weighted by molar-refractivity contribution is -0.142. The lowest BCUT2D eigenvalue weighted by atomic mass is 10.1. The minimum Gasteiger partial charge on any atom is -0.480 e. The summed E-state index contributed by atoms with van der Waals surface area (Å²) in [4.78, 5) is 22.5. The predicted molar refractivity (Wildman–Crippen MR) is 139 cm³/mol. The largest absolute Gasteiger partial charge is 0.480 e. The zero-order valence-electron chi connectivity index (χ0n) is 19.7. The second kappa shape index (κ2) is 9.39. The van der Waals surface area contributed by atoms with Gasteiger partial charge in [0.15, 0.2) is 0 Å². The summed E-state index contributed by atoms with van der Waals surface area (Å²) in [7, 11) is 0. The topological polar surface area (TPSA) is 96.2 Å². The number of carboxylic acid groups (broad SMARTS) is 1. The summed E-state index contributed by atoms with van der Waals surface area (Å²) in [5, 5.41) is 19.5. The molecule has 2 N–H and O–H groups in total. The maximum atomic E-state index is 11.6. The average molecular weight is 479 g/mol. The molecule has 0 radical (unpaired) electrons. The van der Waals surface area contributed by atoms with E-state index in [1.165, 1.54) is 5.56 Å². The highest BCUT2D eigenvalue weighted by atomic mass is 16.4. The molecular weight excluding hydrogens is 452 g/mol. The van der Waals surface area contributed by atoms with E-state index in [1.807, 2.05) is 52.2 Å². The van der Waals surface area contributed by atoms with Crippen molar-refractivity contribution in [1.82, 2.24) is 24.6 Å². The van der Waals surface area contributed by atoms with Gasteiger partial charge in [-0.05, 0) is 60.8 Å². The SMILES string of the molecule is O=C(O)[C@H]1CCCN1Cc1ccc2ncnc(Nc3ccc4c(cnn4Cc4ccccc4)c3)c2c1. The second-order valence-corrected chi connectivity index (χ2v) is 9.23. The summed E-state index contributed by atoms with van der Waals surface area (Å²) in [6.45, 7) is 2.10. The Bertz CT molecular complexity index is 1550. The number of rotatable bonds is 7. The molecule has 0 unspecified atom stereocenters. The van der Waals surface area contributed by atoms with Crippen LogP contribution >= 0.6 is 0 Å². The van der Waals surface area contributed by atoms with Gasteiger partial charge in [0.25, 0.3) is 0 Å². The molecule has 3 heterocycles. The summed E-state index contributed by atoms with van der Waals surface area (Å²) in [5.74, 6) is -0.0319. The van der Waals surface area contributed by atoms with Gasteiger partial charge < -0.3 is 10.4 Å². The molecule has 1 saturated heterocycles. The molecule has 2 aromatic heterocycles. The van der Waals surface area contributed by atoms with Crippen molar-refractivity contribution in [1.29, 1.82) is 0 Å². The van der Waals surface area contributed by atoms with E-state index in [0.717, 1.165) is 52.6 Å². The number of nitrogens with zero attached hydrogens (tertiary/aromatic N) is 5. The van der Waals surface area contributed by atoms with E-state index < -0.39 is 12.0 Å². The Morgan fingerprint density at radius 2 is 1.89 bits per heavy atom.